The van der Waals surface area contributed by atoms with Crippen molar-refractivity contribution in [1.82, 2.24) is 0 Å². The molecule has 0 radical (unpaired) electrons. The minimum Gasteiger partial charge on any atom is -0.382 e. The van der Waals surface area contributed by atoms with E-state index in [2.05, 4.69) is 28.1 Å². The summed E-state index contributed by atoms with van der Waals surface area (Å²) in [5, 5.41) is 1.78. The lowest BCUT2D eigenvalue weighted by atomic mass is 9.96. The molecule has 90 valence electrons. The summed E-state index contributed by atoms with van der Waals surface area (Å²) in [6, 6.07) is 8.12. The van der Waals surface area contributed by atoms with Crippen molar-refractivity contribution in [3.8, 4) is 0 Å². The van der Waals surface area contributed by atoms with Gasteiger partial charge in [0.25, 0.3) is 0 Å². The molecule has 0 spiro atoms. The van der Waals surface area contributed by atoms with Crippen molar-refractivity contribution >= 4 is 27.5 Å². The van der Waals surface area contributed by atoms with Crippen LogP contribution in [0.5, 0.6) is 0 Å². The molecule has 1 rings (SSSR count). The summed E-state index contributed by atoms with van der Waals surface area (Å²) in [6.45, 7) is 3.69. The molecule has 0 aliphatic rings. The van der Waals surface area contributed by atoms with Crippen molar-refractivity contribution in [2.75, 3.05) is 18.5 Å². The molecule has 1 unspecified atom stereocenters. The predicted molar refractivity (Wildman–Crippen MR) is 73.7 cm³/mol. The van der Waals surface area contributed by atoms with E-state index in [0.717, 1.165) is 36.4 Å². The molecule has 1 aromatic rings. The zero-order valence-corrected chi connectivity index (χ0v) is 11.9. The van der Waals surface area contributed by atoms with Gasteiger partial charge in [0.05, 0.1) is 0 Å². The molecule has 0 amide bonds. The quantitative estimate of drug-likeness (QED) is 0.527. The van der Waals surface area contributed by atoms with Gasteiger partial charge in [-0.2, -0.15) is 0 Å². The standard InChI is InChI=1S/C13H18BrClO/c1-2-16-9-3-4-12(10-14)11-5-7-13(15)8-6-11/h5-8,12H,2-4,9-10H2,1H3. The van der Waals surface area contributed by atoms with Crippen molar-refractivity contribution < 1.29 is 4.74 Å². The van der Waals surface area contributed by atoms with E-state index in [1.165, 1.54) is 5.56 Å². The molecule has 0 aliphatic heterocycles. The van der Waals surface area contributed by atoms with Gasteiger partial charge in [0, 0.05) is 23.6 Å². The van der Waals surface area contributed by atoms with Gasteiger partial charge in [-0.15, -0.1) is 0 Å². The van der Waals surface area contributed by atoms with E-state index in [4.69, 9.17) is 16.3 Å². The van der Waals surface area contributed by atoms with Crippen molar-refractivity contribution in [2.45, 2.75) is 25.7 Å². The molecule has 0 aromatic heterocycles. The molecular weight excluding hydrogens is 287 g/mol. The van der Waals surface area contributed by atoms with Crippen LogP contribution in [0, 0.1) is 0 Å². The van der Waals surface area contributed by atoms with Gasteiger partial charge in [-0.05, 0) is 43.4 Å². The normalized spacial score (nSPS) is 12.7. The second-order valence-electron chi connectivity index (χ2n) is 3.74. The highest BCUT2D eigenvalue weighted by atomic mass is 79.9. The van der Waals surface area contributed by atoms with Gasteiger partial charge in [-0.1, -0.05) is 39.7 Å². The van der Waals surface area contributed by atoms with Crippen LogP contribution in [0.2, 0.25) is 5.02 Å². The van der Waals surface area contributed by atoms with Crippen molar-refractivity contribution in [3.05, 3.63) is 34.9 Å². The number of hydrogen-bond acceptors (Lipinski definition) is 1. The van der Waals surface area contributed by atoms with Gasteiger partial charge in [-0.25, -0.2) is 0 Å². The van der Waals surface area contributed by atoms with E-state index in [9.17, 15) is 0 Å². The number of alkyl halides is 1. The Balaban J connectivity index is 2.44. The Bertz CT molecular complexity index is 286. The van der Waals surface area contributed by atoms with Crippen LogP contribution >= 0.6 is 27.5 Å². The zero-order chi connectivity index (χ0) is 11.8. The summed E-state index contributed by atoms with van der Waals surface area (Å²) >= 11 is 9.44. The molecule has 0 heterocycles. The SMILES string of the molecule is CCOCCCC(CBr)c1ccc(Cl)cc1. The summed E-state index contributed by atoms with van der Waals surface area (Å²) < 4.78 is 5.35. The Morgan fingerprint density at radius 3 is 2.56 bits per heavy atom. The van der Waals surface area contributed by atoms with E-state index < -0.39 is 0 Å². The lowest BCUT2D eigenvalue weighted by Gasteiger charge is -2.14. The number of halogens is 2. The third-order valence-electron chi connectivity index (χ3n) is 2.57. The van der Waals surface area contributed by atoms with Crippen molar-refractivity contribution in [2.24, 2.45) is 0 Å². The van der Waals surface area contributed by atoms with Crippen molar-refractivity contribution in [3.63, 3.8) is 0 Å². The van der Waals surface area contributed by atoms with Crippen LogP contribution < -0.4 is 0 Å². The molecule has 0 saturated heterocycles. The highest BCUT2D eigenvalue weighted by Crippen LogP contribution is 2.24. The monoisotopic (exact) mass is 304 g/mol. The van der Waals surface area contributed by atoms with Crippen LogP contribution in [0.3, 0.4) is 0 Å². The van der Waals surface area contributed by atoms with E-state index in [1.54, 1.807) is 0 Å². The highest BCUT2D eigenvalue weighted by Gasteiger charge is 2.09. The van der Waals surface area contributed by atoms with Gasteiger partial charge in [0.1, 0.15) is 0 Å². The Hall–Kier alpha value is -0.0500. The van der Waals surface area contributed by atoms with Crippen LogP contribution in [-0.2, 0) is 4.74 Å². The second-order valence-corrected chi connectivity index (χ2v) is 4.83. The number of ether oxygens (including phenoxy) is 1. The summed E-state index contributed by atoms with van der Waals surface area (Å²) in [5.41, 5.74) is 1.35. The fourth-order valence-electron chi connectivity index (χ4n) is 1.64. The summed E-state index contributed by atoms with van der Waals surface area (Å²) in [5.74, 6) is 0.553. The van der Waals surface area contributed by atoms with E-state index in [0.29, 0.717) is 5.92 Å². The van der Waals surface area contributed by atoms with E-state index >= 15 is 0 Å². The van der Waals surface area contributed by atoms with Crippen LogP contribution in [0.1, 0.15) is 31.2 Å². The number of rotatable bonds is 7. The molecule has 0 saturated carbocycles. The fourth-order valence-corrected chi connectivity index (χ4v) is 2.47. The average molecular weight is 306 g/mol. The zero-order valence-electron chi connectivity index (χ0n) is 9.59. The topological polar surface area (TPSA) is 9.23 Å². The molecule has 0 bridgehead atoms. The lowest BCUT2D eigenvalue weighted by Crippen LogP contribution is -2.03. The van der Waals surface area contributed by atoms with Gasteiger partial charge in [0.15, 0.2) is 0 Å². The number of hydrogen-bond donors (Lipinski definition) is 0. The van der Waals surface area contributed by atoms with Crippen LogP contribution in [0.15, 0.2) is 24.3 Å². The first-order valence-electron chi connectivity index (χ1n) is 5.67. The third-order valence-corrected chi connectivity index (χ3v) is 3.61. The molecular formula is C13H18BrClO. The smallest absolute Gasteiger partial charge is 0.0466 e. The van der Waals surface area contributed by atoms with Crippen LogP contribution in [0.4, 0.5) is 0 Å². The molecule has 0 aliphatic carbocycles. The minimum atomic E-state index is 0.553. The molecule has 0 N–H and O–H groups in total. The molecule has 0 fully saturated rings. The van der Waals surface area contributed by atoms with Crippen molar-refractivity contribution in [1.29, 1.82) is 0 Å². The summed E-state index contributed by atoms with van der Waals surface area (Å²) in [6.07, 6.45) is 2.25. The third kappa shape index (κ3) is 4.86. The predicted octanol–water partition coefficient (Wildman–Crippen LogP) is 4.64. The average Bonchev–Trinajstić information content (AvgIpc) is 2.31. The fraction of sp³-hybridized carbons (Fsp3) is 0.538. The Morgan fingerprint density at radius 1 is 1.31 bits per heavy atom. The van der Waals surface area contributed by atoms with E-state index in [1.807, 2.05) is 19.1 Å². The largest absolute Gasteiger partial charge is 0.382 e. The highest BCUT2D eigenvalue weighted by molar-refractivity contribution is 9.09. The summed E-state index contributed by atoms with van der Waals surface area (Å²) in [4.78, 5) is 0. The second kappa shape index (κ2) is 8.10. The van der Waals surface area contributed by atoms with Gasteiger partial charge < -0.3 is 4.74 Å². The molecule has 16 heavy (non-hydrogen) atoms. The maximum atomic E-state index is 5.87. The first-order chi connectivity index (χ1) is 7.77. The Morgan fingerprint density at radius 2 is 2.00 bits per heavy atom. The van der Waals surface area contributed by atoms with Crippen LogP contribution in [0.25, 0.3) is 0 Å². The van der Waals surface area contributed by atoms with Gasteiger partial charge in [0.2, 0.25) is 0 Å². The van der Waals surface area contributed by atoms with Gasteiger partial charge >= 0.3 is 0 Å². The maximum Gasteiger partial charge on any atom is 0.0466 e. The maximum absolute atomic E-state index is 5.87. The Labute approximate surface area is 111 Å². The molecule has 1 aromatic carbocycles. The lowest BCUT2D eigenvalue weighted by molar-refractivity contribution is 0.142. The first kappa shape index (κ1) is 14.0. The van der Waals surface area contributed by atoms with Gasteiger partial charge in [-0.3, -0.25) is 0 Å². The molecule has 1 nitrogen and oxygen atoms in total. The van der Waals surface area contributed by atoms with Crippen LogP contribution in [-0.4, -0.2) is 18.5 Å². The minimum absolute atomic E-state index is 0.553. The molecule has 3 heteroatoms. The Kier molecular flexibility index (Phi) is 7.10. The first-order valence-corrected chi connectivity index (χ1v) is 7.17. The summed E-state index contributed by atoms with van der Waals surface area (Å²) in [7, 11) is 0. The van der Waals surface area contributed by atoms with E-state index in [-0.39, 0.29) is 0 Å². The molecule has 1 atom stereocenters. The number of benzene rings is 1.